The van der Waals surface area contributed by atoms with E-state index in [4.69, 9.17) is 0 Å². The Labute approximate surface area is 72.3 Å². The Bertz CT molecular complexity index is 91.1. The van der Waals surface area contributed by atoms with Crippen LogP contribution in [0.5, 0.6) is 0 Å². The highest BCUT2D eigenvalue weighted by Crippen LogP contribution is 2.35. The second-order valence-corrected chi connectivity index (χ2v) is 6.20. The van der Waals surface area contributed by atoms with E-state index in [2.05, 4.69) is 37.4 Å². The fraction of sp³-hybridized carbons (Fsp3) is 1.00. The Morgan fingerprint density at radius 2 is 1.89 bits per heavy atom. The molecule has 0 radical (unpaired) electrons. The average molecular weight is 236 g/mol. The minimum atomic E-state index is 0.629. The minimum Gasteiger partial charge on any atom is -0.0888 e. The van der Waals surface area contributed by atoms with Gasteiger partial charge in [-0.1, -0.05) is 42.4 Å². The SMILES string of the molecule is BC1(I)CCC(C)CC1. The summed E-state index contributed by atoms with van der Waals surface area (Å²) in [6.07, 6.45) is 5.74. The monoisotopic (exact) mass is 236 g/mol. The summed E-state index contributed by atoms with van der Waals surface area (Å²) < 4.78 is 0.629. The van der Waals surface area contributed by atoms with Crippen LogP contribution in [-0.4, -0.2) is 11.2 Å². The van der Waals surface area contributed by atoms with Gasteiger partial charge in [-0.05, 0) is 22.1 Å². The summed E-state index contributed by atoms with van der Waals surface area (Å²) in [7, 11) is 2.37. The standard InChI is InChI=1S/C7H14BI/c1-6-2-4-7(8,9)5-3-6/h6H,2-5,8H2,1H3. The topological polar surface area (TPSA) is 0 Å². The van der Waals surface area contributed by atoms with E-state index in [-0.39, 0.29) is 0 Å². The van der Waals surface area contributed by atoms with Crippen molar-refractivity contribution in [3.05, 3.63) is 0 Å². The van der Waals surface area contributed by atoms with Crippen molar-refractivity contribution in [2.75, 3.05) is 0 Å². The van der Waals surface area contributed by atoms with Gasteiger partial charge in [-0.15, -0.1) is 0 Å². The molecule has 0 heterocycles. The van der Waals surface area contributed by atoms with E-state index in [0.29, 0.717) is 3.32 Å². The van der Waals surface area contributed by atoms with Gasteiger partial charge in [0.1, 0.15) is 7.85 Å². The Hall–Kier alpha value is 0.795. The molecular weight excluding hydrogens is 222 g/mol. The van der Waals surface area contributed by atoms with Crippen molar-refractivity contribution >= 4 is 30.4 Å². The predicted octanol–water partition coefficient (Wildman–Crippen LogP) is 1.96. The van der Waals surface area contributed by atoms with E-state index < -0.39 is 0 Å². The quantitative estimate of drug-likeness (QED) is 0.342. The van der Waals surface area contributed by atoms with E-state index in [1.165, 1.54) is 25.7 Å². The predicted molar refractivity (Wildman–Crippen MR) is 52.9 cm³/mol. The largest absolute Gasteiger partial charge is 0.122 e. The third-order valence-electron chi connectivity index (χ3n) is 2.32. The molecule has 9 heavy (non-hydrogen) atoms. The van der Waals surface area contributed by atoms with Crippen LogP contribution in [0.25, 0.3) is 0 Å². The number of alkyl halides is 1. The first-order valence-electron chi connectivity index (χ1n) is 3.79. The molecule has 0 nitrogen and oxygen atoms in total. The molecule has 0 spiro atoms. The lowest BCUT2D eigenvalue weighted by Crippen LogP contribution is -2.26. The van der Waals surface area contributed by atoms with Crippen molar-refractivity contribution in [2.24, 2.45) is 5.92 Å². The van der Waals surface area contributed by atoms with E-state index in [0.717, 1.165) is 5.92 Å². The maximum absolute atomic E-state index is 2.60. The van der Waals surface area contributed by atoms with Crippen LogP contribution in [0.3, 0.4) is 0 Å². The molecule has 0 aromatic heterocycles. The summed E-state index contributed by atoms with van der Waals surface area (Å²) in [5.74, 6) is 0.993. The highest BCUT2D eigenvalue weighted by atomic mass is 127. The molecule has 1 aliphatic carbocycles. The van der Waals surface area contributed by atoms with Crippen LogP contribution < -0.4 is 0 Å². The lowest BCUT2D eigenvalue weighted by Gasteiger charge is -2.30. The Morgan fingerprint density at radius 1 is 1.44 bits per heavy atom. The summed E-state index contributed by atoms with van der Waals surface area (Å²) in [6.45, 7) is 2.37. The van der Waals surface area contributed by atoms with E-state index >= 15 is 0 Å². The highest BCUT2D eigenvalue weighted by molar-refractivity contribution is 14.1. The summed E-state index contributed by atoms with van der Waals surface area (Å²) >= 11 is 2.60. The van der Waals surface area contributed by atoms with Crippen molar-refractivity contribution in [1.29, 1.82) is 0 Å². The molecule has 1 aliphatic rings. The van der Waals surface area contributed by atoms with Crippen molar-refractivity contribution < 1.29 is 0 Å². The van der Waals surface area contributed by atoms with Gasteiger partial charge in [-0.3, -0.25) is 0 Å². The number of hydrogen-bond acceptors (Lipinski definition) is 0. The van der Waals surface area contributed by atoms with Gasteiger partial charge in [0, 0.05) is 0 Å². The van der Waals surface area contributed by atoms with Crippen molar-refractivity contribution in [1.82, 2.24) is 0 Å². The molecule has 52 valence electrons. The molecule has 0 saturated heterocycles. The lowest BCUT2D eigenvalue weighted by molar-refractivity contribution is 0.382. The fourth-order valence-electron chi connectivity index (χ4n) is 1.36. The van der Waals surface area contributed by atoms with Crippen LogP contribution in [-0.2, 0) is 0 Å². The van der Waals surface area contributed by atoms with Gasteiger partial charge in [-0.2, -0.15) is 0 Å². The van der Waals surface area contributed by atoms with Crippen LogP contribution in [0, 0.1) is 5.92 Å². The van der Waals surface area contributed by atoms with Gasteiger partial charge in [-0.25, -0.2) is 0 Å². The van der Waals surface area contributed by atoms with Crippen LogP contribution in [0.15, 0.2) is 0 Å². The molecule has 0 unspecified atom stereocenters. The molecule has 1 saturated carbocycles. The molecule has 0 atom stereocenters. The summed E-state index contributed by atoms with van der Waals surface area (Å²) in [6, 6.07) is 0. The number of halogens is 1. The Kier molecular flexibility index (Phi) is 2.46. The van der Waals surface area contributed by atoms with E-state index in [9.17, 15) is 0 Å². The van der Waals surface area contributed by atoms with Gasteiger partial charge < -0.3 is 0 Å². The molecule has 1 fully saturated rings. The summed E-state index contributed by atoms with van der Waals surface area (Å²) in [5.41, 5.74) is 0. The molecule has 0 aromatic rings. The molecule has 0 N–H and O–H groups in total. The van der Waals surface area contributed by atoms with Gasteiger partial charge >= 0.3 is 0 Å². The molecule has 0 amide bonds. The van der Waals surface area contributed by atoms with E-state index in [1.807, 2.05) is 0 Å². The number of rotatable bonds is 0. The Morgan fingerprint density at radius 3 is 2.22 bits per heavy atom. The zero-order chi connectivity index (χ0) is 6.91. The van der Waals surface area contributed by atoms with Crippen molar-refractivity contribution in [2.45, 2.75) is 35.9 Å². The second kappa shape index (κ2) is 2.81. The molecular formula is C7H14BI. The Balaban J connectivity index is 2.35. The zero-order valence-electron chi connectivity index (χ0n) is 6.28. The van der Waals surface area contributed by atoms with Crippen LogP contribution in [0.4, 0.5) is 0 Å². The van der Waals surface area contributed by atoms with Crippen LogP contribution >= 0.6 is 22.6 Å². The number of hydrogen-bond donors (Lipinski definition) is 0. The van der Waals surface area contributed by atoms with Crippen LogP contribution in [0.1, 0.15) is 32.6 Å². The highest BCUT2D eigenvalue weighted by Gasteiger charge is 2.25. The first kappa shape index (κ1) is 7.90. The maximum atomic E-state index is 2.60. The third-order valence-corrected chi connectivity index (χ3v) is 3.40. The van der Waals surface area contributed by atoms with Gasteiger partial charge in [0.2, 0.25) is 0 Å². The smallest absolute Gasteiger partial charge is 0.0888 e. The molecule has 0 bridgehead atoms. The zero-order valence-corrected chi connectivity index (χ0v) is 8.44. The first-order chi connectivity index (χ1) is 4.10. The minimum absolute atomic E-state index is 0.629. The molecule has 1 rings (SSSR count). The maximum Gasteiger partial charge on any atom is 0.122 e. The average Bonchev–Trinajstić information content (AvgIpc) is 1.78. The van der Waals surface area contributed by atoms with E-state index in [1.54, 1.807) is 0 Å². The lowest BCUT2D eigenvalue weighted by atomic mass is 9.72. The molecule has 2 heteroatoms. The molecule has 0 aliphatic heterocycles. The summed E-state index contributed by atoms with van der Waals surface area (Å²) in [5, 5.41) is 0. The normalized spacial score (nSPS) is 44.9. The first-order valence-corrected chi connectivity index (χ1v) is 4.87. The summed E-state index contributed by atoms with van der Waals surface area (Å²) in [4.78, 5) is 0. The van der Waals surface area contributed by atoms with Crippen molar-refractivity contribution in [3.8, 4) is 0 Å². The van der Waals surface area contributed by atoms with Gasteiger partial charge in [0.15, 0.2) is 0 Å². The fourth-order valence-corrected chi connectivity index (χ4v) is 1.99. The molecule has 0 aromatic carbocycles. The van der Waals surface area contributed by atoms with Gasteiger partial charge in [0.25, 0.3) is 0 Å². The van der Waals surface area contributed by atoms with Crippen molar-refractivity contribution in [3.63, 3.8) is 0 Å². The van der Waals surface area contributed by atoms with Gasteiger partial charge in [0.05, 0.1) is 0 Å². The van der Waals surface area contributed by atoms with Crippen LogP contribution in [0.2, 0.25) is 0 Å². The second-order valence-electron chi connectivity index (χ2n) is 3.60. The third kappa shape index (κ3) is 2.48.